The number of benzene rings is 2. The molecule has 0 atom stereocenters. The number of rotatable bonds is 16. The van der Waals surface area contributed by atoms with Crippen molar-refractivity contribution in [1.29, 1.82) is 0 Å². The van der Waals surface area contributed by atoms with Crippen LogP contribution in [0.3, 0.4) is 0 Å². The number of anilines is 1. The molecule has 0 bridgehead atoms. The molecule has 1 aromatic heterocycles. The smallest absolute Gasteiger partial charge is 0.255 e. The number of hydrogen-bond acceptors (Lipinski definition) is 3. The highest BCUT2D eigenvalue weighted by Gasteiger charge is 2.20. The maximum absolute atomic E-state index is 13.1. The van der Waals surface area contributed by atoms with Crippen molar-refractivity contribution in [3.05, 3.63) is 75.7 Å². The van der Waals surface area contributed by atoms with Crippen LogP contribution in [0, 0.1) is 6.92 Å². The second kappa shape index (κ2) is 15.8. The van der Waals surface area contributed by atoms with Gasteiger partial charge in [-0.25, -0.2) is 0 Å². The van der Waals surface area contributed by atoms with Gasteiger partial charge in [0.05, 0.1) is 11.5 Å². The Labute approximate surface area is 240 Å². The summed E-state index contributed by atoms with van der Waals surface area (Å²) in [6.45, 7) is 12.4. The number of carbonyl (C=O) groups excluding carboxylic acids is 1. The Bertz CT molecular complexity index is 1160. The summed E-state index contributed by atoms with van der Waals surface area (Å²) in [6, 6.07) is 13.9. The third kappa shape index (κ3) is 10.8. The summed E-state index contributed by atoms with van der Waals surface area (Å²) in [5.41, 5.74) is 5.70. The van der Waals surface area contributed by atoms with Crippen LogP contribution in [0.2, 0.25) is 0 Å². The Morgan fingerprint density at radius 1 is 0.923 bits per heavy atom. The van der Waals surface area contributed by atoms with E-state index in [1.807, 2.05) is 30.3 Å². The van der Waals surface area contributed by atoms with Gasteiger partial charge in [-0.05, 0) is 49.1 Å². The molecular weight excluding hydrogens is 500 g/mol. The molecule has 0 spiro atoms. The van der Waals surface area contributed by atoms with Crippen LogP contribution in [0.1, 0.15) is 118 Å². The maximum Gasteiger partial charge on any atom is 0.255 e. The van der Waals surface area contributed by atoms with E-state index < -0.39 is 0 Å². The van der Waals surface area contributed by atoms with Crippen LogP contribution in [-0.4, -0.2) is 12.5 Å². The summed E-state index contributed by atoms with van der Waals surface area (Å²) < 4.78 is 8.39. The molecule has 0 radical (unpaired) electrons. The third-order valence-electron chi connectivity index (χ3n) is 7.08. The molecule has 1 amide bonds. The standard InChI is InChI=1S/C34H48N2O2S/c1-6-7-8-9-10-11-12-13-14-15-21-38-32-20-19-30(23-31(32)34(3,4)5)35-33(37)29-18-16-17-28(22-29)25-36-24-27(2)39-26-36/h16-20,22-24,26H,6-15,21,25H2,1-5H3/p+1. The van der Waals surface area contributed by atoms with E-state index in [9.17, 15) is 4.79 Å². The lowest BCUT2D eigenvalue weighted by Crippen LogP contribution is -2.30. The molecule has 0 saturated carbocycles. The fourth-order valence-corrected chi connectivity index (χ4v) is 5.48. The SMILES string of the molecule is CCCCCCCCCCCCOc1ccc(NC(=O)c2cccc(C[n+]3csc(C)c3)c2)cc1C(C)(C)C. The largest absolute Gasteiger partial charge is 0.493 e. The van der Waals surface area contributed by atoms with Crippen molar-refractivity contribution in [2.45, 2.75) is 111 Å². The minimum Gasteiger partial charge on any atom is -0.493 e. The van der Waals surface area contributed by atoms with E-state index in [-0.39, 0.29) is 11.3 Å². The molecule has 1 N–H and O–H groups in total. The number of nitrogens with one attached hydrogen (secondary N) is 1. The number of aromatic nitrogens is 1. The predicted octanol–water partition coefficient (Wildman–Crippen LogP) is 9.24. The molecule has 3 rings (SSSR count). The van der Waals surface area contributed by atoms with E-state index in [0.717, 1.165) is 42.1 Å². The van der Waals surface area contributed by atoms with Crippen LogP contribution in [-0.2, 0) is 12.0 Å². The minimum atomic E-state index is -0.0951. The van der Waals surface area contributed by atoms with Crippen molar-refractivity contribution in [3.8, 4) is 5.75 Å². The normalized spacial score (nSPS) is 11.5. The van der Waals surface area contributed by atoms with Gasteiger partial charge < -0.3 is 10.1 Å². The van der Waals surface area contributed by atoms with Gasteiger partial charge in [0, 0.05) is 22.4 Å². The molecule has 39 heavy (non-hydrogen) atoms. The fourth-order valence-electron chi connectivity index (χ4n) is 4.84. The highest BCUT2D eigenvalue weighted by molar-refractivity contribution is 7.09. The van der Waals surface area contributed by atoms with Crippen LogP contribution < -0.4 is 14.6 Å². The Morgan fingerprint density at radius 3 is 2.26 bits per heavy atom. The number of aryl methyl sites for hydroxylation is 1. The molecular formula is C34H49N2O2S+. The lowest BCUT2D eigenvalue weighted by molar-refractivity contribution is -0.683. The van der Waals surface area contributed by atoms with Crippen molar-refractivity contribution in [2.75, 3.05) is 11.9 Å². The van der Waals surface area contributed by atoms with Gasteiger partial charge in [0.15, 0.2) is 12.7 Å². The summed E-state index contributed by atoms with van der Waals surface area (Å²) in [7, 11) is 0. The average molecular weight is 550 g/mol. The zero-order valence-electron chi connectivity index (χ0n) is 24.9. The Morgan fingerprint density at radius 2 is 1.62 bits per heavy atom. The number of hydrogen-bond donors (Lipinski definition) is 1. The second-order valence-corrected chi connectivity index (χ2v) is 12.9. The van der Waals surface area contributed by atoms with Crippen LogP contribution in [0.5, 0.6) is 5.75 Å². The van der Waals surface area contributed by atoms with Gasteiger partial charge >= 0.3 is 0 Å². The first-order valence-corrected chi connectivity index (χ1v) is 15.8. The second-order valence-electron chi connectivity index (χ2n) is 11.8. The lowest BCUT2D eigenvalue weighted by Gasteiger charge is -2.24. The highest BCUT2D eigenvalue weighted by Crippen LogP contribution is 2.34. The van der Waals surface area contributed by atoms with Crippen LogP contribution in [0.4, 0.5) is 5.69 Å². The van der Waals surface area contributed by atoms with Crippen molar-refractivity contribution in [2.24, 2.45) is 0 Å². The van der Waals surface area contributed by atoms with E-state index in [1.54, 1.807) is 11.3 Å². The molecule has 5 heteroatoms. The number of nitrogens with zero attached hydrogens (tertiary/aromatic N) is 1. The van der Waals surface area contributed by atoms with Gasteiger partial charge in [0.25, 0.3) is 5.91 Å². The maximum atomic E-state index is 13.1. The summed E-state index contributed by atoms with van der Waals surface area (Å²) in [5, 5.41) is 3.11. The van der Waals surface area contributed by atoms with Gasteiger partial charge in [-0.15, -0.1) is 0 Å². The fraction of sp³-hybridized carbons (Fsp3) is 0.529. The molecule has 212 valence electrons. The van der Waals surface area contributed by atoms with E-state index >= 15 is 0 Å². The first-order chi connectivity index (χ1) is 18.8. The number of ether oxygens (including phenoxy) is 1. The quantitative estimate of drug-likeness (QED) is 0.143. The van der Waals surface area contributed by atoms with Crippen LogP contribution in [0.25, 0.3) is 0 Å². The minimum absolute atomic E-state index is 0.0936. The van der Waals surface area contributed by atoms with Crippen LogP contribution in [0.15, 0.2) is 54.2 Å². The molecule has 2 aromatic carbocycles. The molecule has 3 aromatic rings. The van der Waals surface area contributed by atoms with Gasteiger partial charge in [-0.1, -0.05) is 109 Å². The molecule has 0 aliphatic carbocycles. The van der Waals surface area contributed by atoms with E-state index in [0.29, 0.717) is 5.56 Å². The molecule has 0 saturated heterocycles. The average Bonchev–Trinajstić information content (AvgIpc) is 3.31. The Kier molecular flexibility index (Phi) is 12.5. The molecule has 1 heterocycles. The molecule has 0 fully saturated rings. The molecule has 0 unspecified atom stereocenters. The van der Waals surface area contributed by atoms with Gasteiger partial charge in [-0.2, -0.15) is 4.57 Å². The lowest BCUT2D eigenvalue weighted by atomic mass is 9.86. The van der Waals surface area contributed by atoms with Gasteiger partial charge in [-0.3, -0.25) is 4.79 Å². The number of amides is 1. The summed E-state index contributed by atoms with van der Waals surface area (Å²) in [4.78, 5) is 14.4. The van der Waals surface area contributed by atoms with Crippen molar-refractivity contribution in [1.82, 2.24) is 0 Å². The van der Waals surface area contributed by atoms with Crippen LogP contribution >= 0.6 is 11.3 Å². The van der Waals surface area contributed by atoms with Crippen molar-refractivity contribution >= 4 is 22.9 Å². The van der Waals surface area contributed by atoms with Crippen molar-refractivity contribution < 1.29 is 14.1 Å². The number of unbranched alkanes of at least 4 members (excludes halogenated alkanes) is 9. The highest BCUT2D eigenvalue weighted by atomic mass is 32.1. The Hall–Kier alpha value is -2.66. The third-order valence-corrected chi connectivity index (χ3v) is 7.93. The van der Waals surface area contributed by atoms with E-state index in [4.69, 9.17) is 4.74 Å². The molecule has 0 aliphatic heterocycles. The number of thiazole rings is 1. The summed E-state index contributed by atoms with van der Waals surface area (Å²) in [5.74, 6) is 0.823. The summed E-state index contributed by atoms with van der Waals surface area (Å²) in [6.07, 6.45) is 15.3. The van der Waals surface area contributed by atoms with E-state index in [1.165, 1.54) is 62.7 Å². The summed E-state index contributed by atoms with van der Waals surface area (Å²) >= 11 is 1.73. The number of carbonyl (C=O) groups is 1. The Balaban J connectivity index is 1.51. The monoisotopic (exact) mass is 549 g/mol. The molecule has 0 aliphatic rings. The van der Waals surface area contributed by atoms with Crippen molar-refractivity contribution in [3.63, 3.8) is 0 Å². The van der Waals surface area contributed by atoms with Gasteiger partial charge in [0.1, 0.15) is 5.75 Å². The zero-order chi connectivity index (χ0) is 28.1. The van der Waals surface area contributed by atoms with E-state index in [2.05, 4.69) is 68.3 Å². The first kappa shape index (κ1) is 30.9. The molecule has 4 nitrogen and oxygen atoms in total. The topological polar surface area (TPSA) is 42.2 Å². The predicted molar refractivity (Wildman–Crippen MR) is 165 cm³/mol. The zero-order valence-corrected chi connectivity index (χ0v) is 25.7. The van der Waals surface area contributed by atoms with Gasteiger partial charge in [0.2, 0.25) is 5.51 Å². The first-order valence-electron chi connectivity index (χ1n) is 14.9.